The SMILES string of the molecule is Cc1nc(N2CC=C(c3ccc(F)c(Cl)c3)[C@@H](O)C2)nc(=O)n1Cc1ccc(Cl)s1. The standard InChI is InChI=1S/C20H17Cl2FN4O2S/c1-11-24-19(25-20(29)27(11)9-13-3-5-18(22)30-13)26-7-6-14(17(28)10-26)12-2-4-16(23)15(21)8-12/h2-6,8,17,28H,7,9-10H2,1H3/t17-/m0/s1. The fourth-order valence-corrected chi connectivity index (χ4v) is 4.56. The molecule has 0 saturated carbocycles. The van der Waals surface area contributed by atoms with Gasteiger partial charge in [-0.3, -0.25) is 4.57 Å². The quantitative estimate of drug-likeness (QED) is 0.633. The summed E-state index contributed by atoms with van der Waals surface area (Å²) in [4.78, 5) is 23.8. The monoisotopic (exact) mass is 466 g/mol. The van der Waals surface area contributed by atoms with Crippen molar-refractivity contribution in [1.82, 2.24) is 14.5 Å². The van der Waals surface area contributed by atoms with Crippen LogP contribution in [0.1, 0.15) is 16.3 Å². The molecule has 3 heterocycles. The first-order valence-electron chi connectivity index (χ1n) is 9.10. The Morgan fingerprint density at radius 3 is 2.70 bits per heavy atom. The molecule has 1 aliphatic rings. The number of aliphatic hydroxyl groups is 1. The van der Waals surface area contributed by atoms with Gasteiger partial charge in [0.25, 0.3) is 0 Å². The summed E-state index contributed by atoms with van der Waals surface area (Å²) < 4.78 is 15.6. The molecule has 2 aromatic heterocycles. The lowest BCUT2D eigenvalue weighted by Crippen LogP contribution is -2.40. The van der Waals surface area contributed by atoms with Crippen LogP contribution in [0, 0.1) is 12.7 Å². The number of halogens is 3. The van der Waals surface area contributed by atoms with Gasteiger partial charge in [-0.2, -0.15) is 9.97 Å². The molecule has 6 nitrogen and oxygen atoms in total. The molecule has 0 bridgehead atoms. The molecule has 1 N–H and O–H groups in total. The van der Waals surface area contributed by atoms with Gasteiger partial charge in [-0.1, -0.05) is 35.3 Å². The second-order valence-electron chi connectivity index (χ2n) is 6.85. The molecule has 1 aromatic carbocycles. The maximum atomic E-state index is 13.4. The predicted octanol–water partition coefficient (Wildman–Crippen LogP) is 3.77. The van der Waals surface area contributed by atoms with Gasteiger partial charge < -0.3 is 10.0 Å². The van der Waals surface area contributed by atoms with Crippen molar-refractivity contribution in [1.29, 1.82) is 0 Å². The van der Waals surface area contributed by atoms with Crippen LogP contribution in [0.4, 0.5) is 10.3 Å². The van der Waals surface area contributed by atoms with Crippen LogP contribution in [0.2, 0.25) is 9.36 Å². The summed E-state index contributed by atoms with van der Waals surface area (Å²) in [6.07, 6.45) is 0.940. The van der Waals surface area contributed by atoms with Gasteiger partial charge in [0.05, 0.1) is 28.6 Å². The topological polar surface area (TPSA) is 71.2 Å². The highest BCUT2D eigenvalue weighted by molar-refractivity contribution is 7.16. The highest BCUT2D eigenvalue weighted by Crippen LogP contribution is 2.28. The molecule has 0 fully saturated rings. The summed E-state index contributed by atoms with van der Waals surface area (Å²) in [5.74, 6) is 0.260. The number of hydrogen-bond donors (Lipinski definition) is 1. The number of aromatic nitrogens is 3. The first-order chi connectivity index (χ1) is 14.3. The van der Waals surface area contributed by atoms with Crippen molar-refractivity contribution in [3.05, 3.63) is 78.3 Å². The van der Waals surface area contributed by atoms with E-state index < -0.39 is 17.6 Å². The van der Waals surface area contributed by atoms with Gasteiger partial charge in [-0.15, -0.1) is 11.3 Å². The van der Waals surface area contributed by atoms with E-state index in [0.717, 1.165) is 4.88 Å². The van der Waals surface area contributed by atoms with E-state index in [0.29, 0.717) is 34.4 Å². The third kappa shape index (κ3) is 4.27. The molecule has 0 unspecified atom stereocenters. The molecule has 30 heavy (non-hydrogen) atoms. The molecule has 3 aromatic rings. The molecule has 0 radical (unpaired) electrons. The van der Waals surface area contributed by atoms with Crippen molar-refractivity contribution in [3.8, 4) is 0 Å². The van der Waals surface area contributed by atoms with Crippen molar-refractivity contribution < 1.29 is 9.50 Å². The smallest absolute Gasteiger partial charge is 0.352 e. The number of thiophene rings is 1. The van der Waals surface area contributed by atoms with E-state index in [4.69, 9.17) is 23.2 Å². The first kappa shape index (κ1) is 21.0. The van der Waals surface area contributed by atoms with Crippen LogP contribution < -0.4 is 10.6 Å². The minimum Gasteiger partial charge on any atom is -0.387 e. The third-order valence-electron chi connectivity index (χ3n) is 4.84. The van der Waals surface area contributed by atoms with Crippen molar-refractivity contribution in [2.75, 3.05) is 18.0 Å². The Bertz CT molecular complexity index is 1190. The van der Waals surface area contributed by atoms with Gasteiger partial charge in [0.15, 0.2) is 0 Å². The second-order valence-corrected chi connectivity index (χ2v) is 9.06. The number of aryl methyl sites for hydroxylation is 1. The fraction of sp³-hybridized carbons (Fsp3) is 0.250. The van der Waals surface area contributed by atoms with Crippen molar-refractivity contribution in [3.63, 3.8) is 0 Å². The van der Waals surface area contributed by atoms with Crippen molar-refractivity contribution in [2.24, 2.45) is 0 Å². The average Bonchev–Trinajstić information content (AvgIpc) is 3.11. The first-order valence-corrected chi connectivity index (χ1v) is 10.7. The summed E-state index contributed by atoms with van der Waals surface area (Å²) in [6.45, 7) is 2.68. The lowest BCUT2D eigenvalue weighted by Gasteiger charge is -2.30. The lowest BCUT2D eigenvalue weighted by atomic mass is 9.97. The maximum Gasteiger partial charge on any atom is 0.352 e. The minimum absolute atomic E-state index is 0.00220. The van der Waals surface area contributed by atoms with Gasteiger partial charge in [0.1, 0.15) is 11.6 Å². The van der Waals surface area contributed by atoms with Crippen LogP contribution in [0.25, 0.3) is 5.57 Å². The molecule has 0 saturated heterocycles. The summed E-state index contributed by atoms with van der Waals surface area (Å²) in [5, 5.41) is 10.6. The summed E-state index contributed by atoms with van der Waals surface area (Å²) >= 11 is 13.2. The number of hydrogen-bond acceptors (Lipinski definition) is 6. The number of rotatable bonds is 4. The second kappa shape index (κ2) is 8.47. The van der Waals surface area contributed by atoms with Crippen LogP contribution in [0.3, 0.4) is 0 Å². The van der Waals surface area contributed by atoms with E-state index in [-0.39, 0.29) is 17.5 Å². The zero-order valence-corrected chi connectivity index (χ0v) is 18.2. The van der Waals surface area contributed by atoms with Crippen LogP contribution in [-0.2, 0) is 6.54 Å². The Morgan fingerprint density at radius 1 is 1.27 bits per heavy atom. The fourth-order valence-electron chi connectivity index (χ4n) is 3.31. The number of aliphatic hydroxyl groups excluding tert-OH is 1. The molecule has 4 rings (SSSR count). The van der Waals surface area contributed by atoms with Gasteiger partial charge in [0.2, 0.25) is 5.95 Å². The van der Waals surface area contributed by atoms with Crippen molar-refractivity contribution >= 4 is 46.1 Å². The summed E-state index contributed by atoms with van der Waals surface area (Å²) in [7, 11) is 0. The molecular weight excluding hydrogens is 450 g/mol. The van der Waals surface area contributed by atoms with E-state index in [2.05, 4.69) is 9.97 Å². The minimum atomic E-state index is -0.861. The molecule has 10 heteroatoms. The maximum absolute atomic E-state index is 13.4. The van der Waals surface area contributed by atoms with E-state index in [1.807, 2.05) is 6.07 Å². The average molecular weight is 467 g/mol. The van der Waals surface area contributed by atoms with Crippen LogP contribution in [0.5, 0.6) is 0 Å². The highest BCUT2D eigenvalue weighted by Gasteiger charge is 2.25. The zero-order chi connectivity index (χ0) is 21.4. The van der Waals surface area contributed by atoms with E-state index >= 15 is 0 Å². The number of anilines is 1. The Kier molecular flexibility index (Phi) is 5.92. The highest BCUT2D eigenvalue weighted by atomic mass is 35.5. The summed E-state index contributed by atoms with van der Waals surface area (Å²) in [5.41, 5.74) is 0.875. The van der Waals surface area contributed by atoms with E-state index in [9.17, 15) is 14.3 Å². The largest absolute Gasteiger partial charge is 0.387 e. The third-order valence-corrected chi connectivity index (χ3v) is 6.35. The molecule has 0 amide bonds. The predicted molar refractivity (Wildman–Crippen MR) is 117 cm³/mol. The Hall–Kier alpha value is -2.26. The lowest BCUT2D eigenvalue weighted by molar-refractivity contribution is 0.233. The molecular formula is C20H17Cl2FN4O2S. The van der Waals surface area contributed by atoms with Crippen LogP contribution in [0.15, 0.2) is 41.2 Å². The Labute approximate surface area is 185 Å². The molecule has 0 spiro atoms. The normalized spacial score (nSPS) is 16.6. The van der Waals surface area contributed by atoms with Gasteiger partial charge in [-0.05, 0) is 42.3 Å². The zero-order valence-electron chi connectivity index (χ0n) is 15.8. The van der Waals surface area contributed by atoms with E-state index in [1.54, 1.807) is 30.0 Å². The van der Waals surface area contributed by atoms with Gasteiger partial charge >= 0.3 is 5.69 Å². The van der Waals surface area contributed by atoms with E-state index in [1.165, 1.54) is 28.0 Å². The number of nitrogens with zero attached hydrogens (tertiary/aromatic N) is 4. The molecule has 1 atom stereocenters. The van der Waals surface area contributed by atoms with Gasteiger partial charge in [-0.25, -0.2) is 9.18 Å². The molecule has 0 aliphatic carbocycles. The Morgan fingerprint density at radius 2 is 2.07 bits per heavy atom. The molecule has 1 aliphatic heterocycles. The molecule has 156 valence electrons. The van der Waals surface area contributed by atoms with Crippen LogP contribution >= 0.6 is 34.5 Å². The Balaban J connectivity index is 1.57. The van der Waals surface area contributed by atoms with Gasteiger partial charge in [0, 0.05) is 11.4 Å². The summed E-state index contributed by atoms with van der Waals surface area (Å²) in [6, 6.07) is 7.97. The number of β-amino-alcohol motifs (C(OH)–C–C–N with tert-alkyl or cyclic N) is 1. The van der Waals surface area contributed by atoms with Crippen molar-refractivity contribution in [2.45, 2.75) is 19.6 Å². The number of benzene rings is 1. The van der Waals surface area contributed by atoms with Crippen LogP contribution in [-0.4, -0.2) is 38.8 Å².